The molecule has 1 atom stereocenters. The molecule has 0 saturated heterocycles. The number of nitro benzene ring substituents is 1. The molecule has 0 aromatic heterocycles. The molecule has 0 fully saturated rings. The lowest BCUT2D eigenvalue weighted by atomic mass is 10.0. The lowest BCUT2D eigenvalue weighted by molar-refractivity contribution is -0.385. The molecule has 4 N–H and O–H groups in total. The van der Waals surface area contributed by atoms with Crippen molar-refractivity contribution in [2.75, 3.05) is 6.61 Å². The fraction of sp³-hybridized carbons (Fsp3) is 0.400. The number of aliphatic hydroxyl groups excluding tert-OH is 1. The molecule has 102 valence electrons. The quantitative estimate of drug-likeness (QED) is 0.562. The SMILES string of the molecule is Cl.N[C@H](CCCO)c1cc([N+](=O)[O-])cc(Br)c1O. The maximum atomic E-state index is 10.7. The van der Waals surface area contributed by atoms with Crippen molar-refractivity contribution < 1.29 is 15.1 Å². The van der Waals surface area contributed by atoms with E-state index >= 15 is 0 Å². The van der Waals surface area contributed by atoms with Crippen molar-refractivity contribution in [3.63, 3.8) is 0 Å². The Bertz CT molecular complexity index is 431. The molecule has 0 radical (unpaired) electrons. The van der Waals surface area contributed by atoms with E-state index in [9.17, 15) is 15.2 Å². The van der Waals surface area contributed by atoms with Gasteiger partial charge in [0.05, 0.1) is 9.40 Å². The van der Waals surface area contributed by atoms with Crippen LogP contribution >= 0.6 is 28.3 Å². The van der Waals surface area contributed by atoms with Crippen LogP contribution in [0.3, 0.4) is 0 Å². The van der Waals surface area contributed by atoms with Gasteiger partial charge in [0.1, 0.15) is 5.75 Å². The van der Waals surface area contributed by atoms with E-state index in [2.05, 4.69) is 15.9 Å². The Hall–Kier alpha value is -0.890. The lowest BCUT2D eigenvalue weighted by Crippen LogP contribution is -2.11. The number of hydrogen-bond acceptors (Lipinski definition) is 5. The number of nitrogens with two attached hydrogens (primary N) is 1. The summed E-state index contributed by atoms with van der Waals surface area (Å²) in [5.74, 6) is -0.0963. The van der Waals surface area contributed by atoms with Crippen molar-refractivity contribution in [1.82, 2.24) is 0 Å². The van der Waals surface area contributed by atoms with E-state index in [1.54, 1.807) is 0 Å². The summed E-state index contributed by atoms with van der Waals surface area (Å²) in [5.41, 5.74) is 5.98. The maximum absolute atomic E-state index is 10.7. The van der Waals surface area contributed by atoms with Gasteiger partial charge in [0.2, 0.25) is 0 Å². The molecule has 0 unspecified atom stereocenters. The molecule has 1 aromatic carbocycles. The summed E-state index contributed by atoms with van der Waals surface area (Å²) in [6, 6.07) is 1.93. The topological polar surface area (TPSA) is 110 Å². The first-order valence-electron chi connectivity index (χ1n) is 5.00. The third-order valence-electron chi connectivity index (χ3n) is 2.36. The summed E-state index contributed by atoms with van der Waals surface area (Å²) in [4.78, 5) is 10.1. The Labute approximate surface area is 118 Å². The molecule has 0 spiro atoms. The van der Waals surface area contributed by atoms with E-state index in [0.29, 0.717) is 18.4 Å². The fourth-order valence-corrected chi connectivity index (χ4v) is 1.92. The van der Waals surface area contributed by atoms with Crippen molar-refractivity contribution in [3.8, 4) is 5.75 Å². The Balaban J connectivity index is 0.00000289. The van der Waals surface area contributed by atoms with E-state index in [1.807, 2.05) is 0 Å². The van der Waals surface area contributed by atoms with Crippen molar-refractivity contribution >= 4 is 34.0 Å². The molecular weight excluding hydrogens is 327 g/mol. The van der Waals surface area contributed by atoms with Crippen LogP contribution < -0.4 is 5.73 Å². The van der Waals surface area contributed by atoms with Gasteiger partial charge in [-0.25, -0.2) is 0 Å². The molecule has 0 heterocycles. The van der Waals surface area contributed by atoms with Crippen LogP contribution in [0.4, 0.5) is 5.69 Å². The van der Waals surface area contributed by atoms with Gasteiger partial charge in [0.15, 0.2) is 0 Å². The Morgan fingerprint density at radius 1 is 1.50 bits per heavy atom. The van der Waals surface area contributed by atoms with Crippen molar-refractivity contribution in [1.29, 1.82) is 0 Å². The molecule has 0 aliphatic carbocycles. The molecule has 6 nitrogen and oxygen atoms in total. The first-order chi connectivity index (χ1) is 7.97. The molecule has 8 heteroatoms. The predicted octanol–water partition coefficient (Wildman–Crippen LogP) is 2.26. The van der Waals surface area contributed by atoms with Crippen LogP contribution in [-0.2, 0) is 0 Å². The molecular formula is C10H14BrClN2O4. The Kier molecular flexibility index (Phi) is 7.15. The first kappa shape index (κ1) is 17.1. The first-order valence-corrected chi connectivity index (χ1v) is 5.80. The molecule has 1 aromatic rings. The van der Waals surface area contributed by atoms with Gasteiger partial charge in [-0.05, 0) is 28.8 Å². The Morgan fingerprint density at radius 3 is 2.61 bits per heavy atom. The number of phenolic OH excluding ortho intramolecular Hbond substituents is 1. The number of benzene rings is 1. The fourth-order valence-electron chi connectivity index (χ4n) is 1.46. The number of hydrogen-bond donors (Lipinski definition) is 3. The minimum absolute atomic E-state index is 0. The zero-order valence-electron chi connectivity index (χ0n) is 9.38. The van der Waals surface area contributed by atoms with Crippen molar-refractivity contribution in [2.45, 2.75) is 18.9 Å². The van der Waals surface area contributed by atoms with Crippen LogP contribution in [0.1, 0.15) is 24.4 Å². The van der Waals surface area contributed by atoms with E-state index in [1.165, 1.54) is 12.1 Å². The normalized spacial score (nSPS) is 11.7. The number of rotatable bonds is 5. The molecule has 0 aliphatic heterocycles. The minimum Gasteiger partial charge on any atom is -0.506 e. The molecule has 0 amide bonds. The minimum atomic E-state index is -0.549. The summed E-state index contributed by atoms with van der Waals surface area (Å²) < 4.78 is 0.237. The van der Waals surface area contributed by atoms with E-state index in [0.717, 1.165) is 0 Å². The number of aromatic hydroxyl groups is 1. The standard InChI is InChI=1S/C10H13BrN2O4.ClH/c11-8-5-6(13(16)17)4-7(10(8)15)9(12)2-1-3-14;/h4-5,9,14-15H,1-3,12H2;1H/t9-;/m1./s1. The highest BCUT2D eigenvalue weighted by Gasteiger charge is 2.18. The van der Waals surface area contributed by atoms with E-state index in [4.69, 9.17) is 10.8 Å². The van der Waals surface area contributed by atoms with Crippen LogP contribution in [0.5, 0.6) is 5.75 Å². The second kappa shape index (κ2) is 7.52. The third kappa shape index (κ3) is 4.09. The number of halogens is 2. The second-order valence-electron chi connectivity index (χ2n) is 3.59. The summed E-state index contributed by atoms with van der Waals surface area (Å²) in [5, 5.41) is 29.1. The van der Waals surface area contributed by atoms with Gasteiger partial charge in [-0.1, -0.05) is 0 Å². The van der Waals surface area contributed by atoms with Crippen LogP contribution in [0.15, 0.2) is 16.6 Å². The van der Waals surface area contributed by atoms with E-state index in [-0.39, 0.29) is 34.9 Å². The molecule has 0 bridgehead atoms. The van der Waals surface area contributed by atoms with Crippen molar-refractivity contribution in [3.05, 3.63) is 32.3 Å². The zero-order valence-corrected chi connectivity index (χ0v) is 11.8. The van der Waals surface area contributed by atoms with Gasteiger partial charge in [-0.2, -0.15) is 0 Å². The predicted molar refractivity (Wildman–Crippen MR) is 73.0 cm³/mol. The summed E-state index contributed by atoms with van der Waals surface area (Å²) in [6.07, 6.45) is 0.915. The average molecular weight is 342 g/mol. The van der Waals surface area contributed by atoms with Crippen LogP contribution in [-0.4, -0.2) is 21.7 Å². The van der Waals surface area contributed by atoms with Gasteiger partial charge < -0.3 is 15.9 Å². The highest BCUT2D eigenvalue weighted by atomic mass is 79.9. The Morgan fingerprint density at radius 2 is 2.11 bits per heavy atom. The second-order valence-corrected chi connectivity index (χ2v) is 4.45. The van der Waals surface area contributed by atoms with Gasteiger partial charge in [-0.15, -0.1) is 12.4 Å². The van der Waals surface area contributed by atoms with Crippen LogP contribution in [0.25, 0.3) is 0 Å². The third-order valence-corrected chi connectivity index (χ3v) is 2.97. The number of non-ortho nitro benzene ring substituents is 1. The lowest BCUT2D eigenvalue weighted by Gasteiger charge is -2.13. The number of aliphatic hydroxyl groups is 1. The molecule has 18 heavy (non-hydrogen) atoms. The van der Waals surface area contributed by atoms with Gasteiger partial charge in [0, 0.05) is 30.3 Å². The van der Waals surface area contributed by atoms with Crippen LogP contribution in [0, 0.1) is 10.1 Å². The largest absolute Gasteiger partial charge is 0.506 e. The van der Waals surface area contributed by atoms with E-state index < -0.39 is 11.0 Å². The highest BCUT2D eigenvalue weighted by Crippen LogP contribution is 2.36. The monoisotopic (exact) mass is 340 g/mol. The summed E-state index contributed by atoms with van der Waals surface area (Å²) in [7, 11) is 0. The molecule has 0 saturated carbocycles. The number of phenols is 1. The molecule has 1 rings (SSSR count). The molecule has 0 aliphatic rings. The highest BCUT2D eigenvalue weighted by molar-refractivity contribution is 9.10. The summed E-state index contributed by atoms with van der Waals surface area (Å²) in [6.45, 7) is -0.00937. The van der Waals surface area contributed by atoms with Gasteiger partial charge >= 0.3 is 0 Å². The number of nitro groups is 1. The van der Waals surface area contributed by atoms with Crippen molar-refractivity contribution in [2.24, 2.45) is 5.73 Å². The zero-order chi connectivity index (χ0) is 13.0. The summed E-state index contributed by atoms with van der Waals surface area (Å²) >= 11 is 3.04. The smallest absolute Gasteiger partial charge is 0.271 e. The average Bonchev–Trinajstić information content (AvgIpc) is 2.29. The van der Waals surface area contributed by atoms with Gasteiger partial charge in [-0.3, -0.25) is 10.1 Å². The number of nitrogens with zero attached hydrogens (tertiary/aromatic N) is 1. The van der Waals surface area contributed by atoms with Gasteiger partial charge in [0.25, 0.3) is 5.69 Å². The maximum Gasteiger partial charge on any atom is 0.271 e. The van der Waals surface area contributed by atoms with Crippen LogP contribution in [0.2, 0.25) is 0 Å².